The first-order chi connectivity index (χ1) is 15.1. The number of esters is 1. The lowest BCUT2D eigenvalue weighted by Crippen LogP contribution is -2.34. The highest BCUT2D eigenvalue weighted by Gasteiger charge is 2.36. The second-order valence-electron chi connectivity index (χ2n) is 7.33. The second kappa shape index (κ2) is 9.42. The van der Waals surface area contributed by atoms with Gasteiger partial charge in [-0.05, 0) is 48.2 Å². The van der Waals surface area contributed by atoms with E-state index in [0.717, 1.165) is 6.07 Å². The molecule has 1 N–H and O–H groups in total. The zero-order valence-corrected chi connectivity index (χ0v) is 17.3. The van der Waals surface area contributed by atoms with Gasteiger partial charge in [0.1, 0.15) is 11.6 Å². The van der Waals surface area contributed by atoms with Crippen LogP contribution in [0.5, 0.6) is 5.75 Å². The van der Waals surface area contributed by atoms with Crippen LogP contribution in [0.3, 0.4) is 0 Å². The quantitative estimate of drug-likeness (QED) is 0.400. The Labute approximate surface area is 182 Å². The van der Waals surface area contributed by atoms with Crippen LogP contribution in [0.15, 0.2) is 54.6 Å². The SMILES string of the molecule is COC(=O)C(c1ccc(OC)cc1)C1C=CC(NC(=O)c2ccc(F)c(C(F)(F)F)c2)C1. The number of rotatable bonds is 6. The van der Waals surface area contributed by atoms with Crippen molar-refractivity contribution in [3.05, 3.63) is 77.1 Å². The van der Waals surface area contributed by atoms with Crippen LogP contribution in [-0.2, 0) is 15.7 Å². The predicted octanol–water partition coefficient (Wildman–Crippen LogP) is 4.48. The van der Waals surface area contributed by atoms with Crippen molar-refractivity contribution in [3.8, 4) is 5.75 Å². The van der Waals surface area contributed by atoms with Crippen molar-refractivity contribution in [2.75, 3.05) is 14.2 Å². The number of allylic oxidation sites excluding steroid dienone is 1. The number of alkyl halides is 3. The molecule has 9 heteroatoms. The Hall–Kier alpha value is -3.36. The van der Waals surface area contributed by atoms with E-state index in [0.29, 0.717) is 29.9 Å². The van der Waals surface area contributed by atoms with Crippen molar-refractivity contribution in [2.24, 2.45) is 5.92 Å². The molecule has 0 aromatic heterocycles. The Morgan fingerprint density at radius 3 is 2.34 bits per heavy atom. The standard InChI is InChI=1S/C23H21F4NO4/c1-31-17-8-4-13(5-9-17)20(22(30)32-2)14-3-7-16(11-14)28-21(29)15-6-10-19(24)18(12-15)23(25,26)27/h3-10,12,14,16,20H,11H2,1-2H3,(H,28,29). The van der Waals surface area contributed by atoms with E-state index in [1.807, 2.05) is 0 Å². The van der Waals surface area contributed by atoms with E-state index < -0.39 is 41.4 Å². The van der Waals surface area contributed by atoms with Gasteiger partial charge in [-0.1, -0.05) is 24.3 Å². The van der Waals surface area contributed by atoms with Gasteiger partial charge in [-0.3, -0.25) is 9.59 Å². The fourth-order valence-electron chi connectivity index (χ4n) is 3.71. The zero-order chi connectivity index (χ0) is 23.5. The van der Waals surface area contributed by atoms with E-state index in [1.165, 1.54) is 14.2 Å². The normalized spacial score (nSPS) is 18.8. The zero-order valence-electron chi connectivity index (χ0n) is 17.3. The third-order valence-corrected chi connectivity index (χ3v) is 5.33. The first kappa shape index (κ1) is 23.3. The number of methoxy groups -OCH3 is 2. The van der Waals surface area contributed by atoms with Gasteiger partial charge in [0.25, 0.3) is 5.91 Å². The number of carbonyl (C=O) groups excluding carboxylic acids is 2. The maximum atomic E-state index is 13.5. The molecule has 0 aliphatic heterocycles. The molecule has 0 saturated heterocycles. The van der Waals surface area contributed by atoms with Gasteiger partial charge in [-0.15, -0.1) is 0 Å². The van der Waals surface area contributed by atoms with Crippen LogP contribution in [0.2, 0.25) is 0 Å². The third-order valence-electron chi connectivity index (χ3n) is 5.33. The number of nitrogens with one attached hydrogen (secondary N) is 1. The molecule has 5 nitrogen and oxygen atoms in total. The molecule has 0 bridgehead atoms. The van der Waals surface area contributed by atoms with Crippen LogP contribution >= 0.6 is 0 Å². The fourth-order valence-corrected chi connectivity index (χ4v) is 3.71. The molecule has 2 aromatic rings. The van der Waals surface area contributed by atoms with Gasteiger partial charge in [-0.2, -0.15) is 13.2 Å². The number of hydrogen-bond donors (Lipinski definition) is 1. The Morgan fingerprint density at radius 2 is 1.75 bits per heavy atom. The lowest BCUT2D eigenvalue weighted by Gasteiger charge is -2.22. The molecule has 1 aliphatic carbocycles. The lowest BCUT2D eigenvalue weighted by molar-refractivity contribution is -0.143. The number of halogens is 4. The molecule has 3 rings (SSSR count). The summed E-state index contributed by atoms with van der Waals surface area (Å²) in [4.78, 5) is 24.9. The minimum absolute atomic E-state index is 0.305. The Morgan fingerprint density at radius 1 is 1.06 bits per heavy atom. The Balaban J connectivity index is 1.73. The van der Waals surface area contributed by atoms with Crippen molar-refractivity contribution in [3.63, 3.8) is 0 Å². The van der Waals surface area contributed by atoms with Crippen molar-refractivity contribution in [1.82, 2.24) is 5.32 Å². The molecule has 1 amide bonds. The number of ether oxygens (including phenoxy) is 2. The summed E-state index contributed by atoms with van der Waals surface area (Å²) in [6, 6.07) is 8.50. The molecule has 0 fully saturated rings. The molecule has 1 aliphatic rings. The Kier molecular flexibility index (Phi) is 6.86. The van der Waals surface area contributed by atoms with Crippen LogP contribution in [-0.4, -0.2) is 32.1 Å². The largest absolute Gasteiger partial charge is 0.497 e. The summed E-state index contributed by atoms with van der Waals surface area (Å²) in [5, 5.41) is 2.62. The topological polar surface area (TPSA) is 64.6 Å². The molecular weight excluding hydrogens is 430 g/mol. The highest BCUT2D eigenvalue weighted by atomic mass is 19.4. The van der Waals surface area contributed by atoms with Crippen molar-refractivity contribution in [1.29, 1.82) is 0 Å². The summed E-state index contributed by atoms with van der Waals surface area (Å²) in [5.74, 6) is -2.99. The highest BCUT2D eigenvalue weighted by Crippen LogP contribution is 2.35. The maximum absolute atomic E-state index is 13.5. The summed E-state index contributed by atoms with van der Waals surface area (Å²) >= 11 is 0. The fraction of sp³-hybridized carbons (Fsp3) is 0.304. The van der Waals surface area contributed by atoms with Crippen molar-refractivity contribution in [2.45, 2.75) is 24.6 Å². The lowest BCUT2D eigenvalue weighted by atomic mass is 9.85. The number of amides is 1. The molecule has 3 unspecified atom stereocenters. The summed E-state index contributed by atoms with van der Waals surface area (Å²) in [6.07, 6.45) is -1.13. The molecule has 0 saturated carbocycles. The van der Waals surface area contributed by atoms with Crippen LogP contribution in [0.1, 0.15) is 33.8 Å². The van der Waals surface area contributed by atoms with E-state index >= 15 is 0 Å². The summed E-state index contributed by atoms with van der Waals surface area (Å²) in [6.45, 7) is 0. The van der Waals surface area contributed by atoms with E-state index in [2.05, 4.69) is 5.32 Å². The van der Waals surface area contributed by atoms with Gasteiger partial charge in [0.2, 0.25) is 0 Å². The average molecular weight is 451 g/mol. The minimum Gasteiger partial charge on any atom is -0.497 e. The van der Waals surface area contributed by atoms with Gasteiger partial charge in [0.05, 0.1) is 25.7 Å². The van der Waals surface area contributed by atoms with Crippen molar-refractivity contribution >= 4 is 11.9 Å². The van der Waals surface area contributed by atoms with Crippen LogP contribution < -0.4 is 10.1 Å². The molecule has 0 radical (unpaired) electrons. The third kappa shape index (κ3) is 5.09. The Bertz CT molecular complexity index is 1020. The van der Waals surface area contributed by atoms with E-state index in [-0.39, 0.29) is 11.5 Å². The minimum atomic E-state index is -4.91. The van der Waals surface area contributed by atoms with Crippen LogP contribution in [0.25, 0.3) is 0 Å². The summed E-state index contributed by atoms with van der Waals surface area (Å²) < 4.78 is 62.3. The molecule has 0 spiro atoms. The number of carbonyl (C=O) groups is 2. The highest BCUT2D eigenvalue weighted by molar-refractivity contribution is 5.94. The van der Waals surface area contributed by atoms with Gasteiger partial charge in [0, 0.05) is 11.6 Å². The maximum Gasteiger partial charge on any atom is 0.419 e. The molecule has 32 heavy (non-hydrogen) atoms. The predicted molar refractivity (Wildman–Crippen MR) is 108 cm³/mol. The monoisotopic (exact) mass is 451 g/mol. The second-order valence-corrected chi connectivity index (χ2v) is 7.33. The molecular formula is C23H21F4NO4. The smallest absolute Gasteiger partial charge is 0.419 e. The van der Waals surface area contributed by atoms with Crippen LogP contribution in [0.4, 0.5) is 17.6 Å². The molecule has 0 heterocycles. The first-order valence-electron chi connectivity index (χ1n) is 9.71. The van der Waals surface area contributed by atoms with Crippen molar-refractivity contribution < 1.29 is 36.6 Å². The number of benzene rings is 2. The van der Waals surface area contributed by atoms with Gasteiger partial charge in [-0.25, -0.2) is 4.39 Å². The van der Waals surface area contributed by atoms with Gasteiger partial charge < -0.3 is 14.8 Å². The van der Waals surface area contributed by atoms with Gasteiger partial charge in [0.15, 0.2) is 0 Å². The van der Waals surface area contributed by atoms with E-state index in [9.17, 15) is 27.2 Å². The molecule has 2 aromatic carbocycles. The van der Waals surface area contributed by atoms with Crippen LogP contribution in [0, 0.1) is 11.7 Å². The van der Waals surface area contributed by atoms with E-state index in [1.54, 1.807) is 36.4 Å². The van der Waals surface area contributed by atoms with Gasteiger partial charge >= 0.3 is 12.1 Å². The summed E-state index contributed by atoms with van der Waals surface area (Å²) in [7, 11) is 2.81. The number of hydrogen-bond acceptors (Lipinski definition) is 4. The average Bonchev–Trinajstić information content (AvgIpc) is 3.21. The first-order valence-corrected chi connectivity index (χ1v) is 9.71. The molecule has 170 valence electrons. The molecule has 3 atom stereocenters. The van der Waals surface area contributed by atoms with E-state index in [4.69, 9.17) is 9.47 Å². The summed E-state index contributed by atoms with van der Waals surface area (Å²) in [5.41, 5.74) is -1.11.